The van der Waals surface area contributed by atoms with Crippen LogP contribution in [0.5, 0.6) is 0 Å². The van der Waals surface area contributed by atoms with Crippen molar-refractivity contribution in [3.63, 3.8) is 0 Å². The number of carbonyl (C=O) groups is 1. The molecular formula is C20H21ClN4O3S. The van der Waals surface area contributed by atoms with Crippen molar-refractivity contribution in [2.24, 2.45) is 0 Å². The molecule has 29 heavy (non-hydrogen) atoms. The zero-order chi connectivity index (χ0) is 21.0. The molecule has 0 aliphatic carbocycles. The van der Waals surface area contributed by atoms with Crippen molar-refractivity contribution >= 4 is 29.3 Å². The molecule has 2 aromatic heterocycles. The van der Waals surface area contributed by atoms with Crippen molar-refractivity contribution < 1.29 is 9.53 Å². The lowest BCUT2D eigenvalue weighted by Gasteiger charge is -2.07. The molecule has 7 nitrogen and oxygen atoms in total. The highest BCUT2D eigenvalue weighted by molar-refractivity contribution is 7.98. The number of para-hydroxylation sites is 1. The quantitative estimate of drug-likeness (QED) is 0.348. The Morgan fingerprint density at radius 1 is 1.21 bits per heavy atom. The minimum Gasteiger partial charge on any atom is -0.461 e. The number of rotatable bonds is 7. The van der Waals surface area contributed by atoms with Crippen LogP contribution in [0, 0.1) is 13.8 Å². The predicted octanol–water partition coefficient (Wildman–Crippen LogP) is 3.62. The second-order valence-electron chi connectivity index (χ2n) is 6.40. The van der Waals surface area contributed by atoms with E-state index in [9.17, 15) is 9.59 Å². The molecule has 0 atom stereocenters. The SMILES string of the molecule is CSc1nc(C)c(CCC(=O)OCc2c(C)nn(-c3ccccc3)c2Cl)c(=O)[nH]1. The van der Waals surface area contributed by atoms with Crippen LogP contribution < -0.4 is 5.56 Å². The van der Waals surface area contributed by atoms with Gasteiger partial charge in [0.1, 0.15) is 11.8 Å². The minimum absolute atomic E-state index is 0.0232. The Morgan fingerprint density at radius 2 is 1.93 bits per heavy atom. The van der Waals surface area contributed by atoms with Gasteiger partial charge >= 0.3 is 5.97 Å². The van der Waals surface area contributed by atoms with E-state index in [2.05, 4.69) is 15.1 Å². The number of ether oxygens (including phenoxy) is 1. The molecule has 152 valence electrons. The topological polar surface area (TPSA) is 89.9 Å². The number of aromatic nitrogens is 4. The van der Waals surface area contributed by atoms with Crippen LogP contribution in [0.3, 0.4) is 0 Å². The summed E-state index contributed by atoms with van der Waals surface area (Å²) in [6.45, 7) is 3.60. The van der Waals surface area contributed by atoms with Gasteiger partial charge in [0.2, 0.25) is 0 Å². The van der Waals surface area contributed by atoms with E-state index < -0.39 is 5.97 Å². The summed E-state index contributed by atoms with van der Waals surface area (Å²) in [5, 5.41) is 5.39. The van der Waals surface area contributed by atoms with Gasteiger partial charge in [-0.1, -0.05) is 41.6 Å². The van der Waals surface area contributed by atoms with E-state index in [1.807, 2.05) is 43.5 Å². The molecule has 0 aliphatic rings. The van der Waals surface area contributed by atoms with E-state index in [4.69, 9.17) is 16.3 Å². The smallest absolute Gasteiger partial charge is 0.306 e. The van der Waals surface area contributed by atoms with Gasteiger partial charge in [-0.2, -0.15) is 5.10 Å². The molecule has 0 aliphatic heterocycles. The Kier molecular flexibility index (Phi) is 6.76. The van der Waals surface area contributed by atoms with Gasteiger partial charge in [0, 0.05) is 23.2 Å². The fraction of sp³-hybridized carbons (Fsp3) is 0.300. The number of thioether (sulfide) groups is 1. The van der Waals surface area contributed by atoms with Crippen molar-refractivity contribution in [3.05, 3.63) is 68.4 Å². The third-order valence-corrected chi connectivity index (χ3v) is 5.44. The van der Waals surface area contributed by atoms with Crippen molar-refractivity contribution in [1.29, 1.82) is 0 Å². The molecule has 1 aromatic carbocycles. The van der Waals surface area contributed by atoms with Crippen LogP contribution in [-0.2, 0) is 22.6 Å². The highest BCUT2D eigenvalue weighted by atomic mass is 35.5. The van der Waals surface area contributed by atoms with E-state index in [0.29, 0.717) is 32.8 Å². The molecule has 3 aromatic rings. The van der Waals surface area contributed by atoms with E-state index in [-0.39, 0.29) is 25.0 Å². The third kappa shape index (κ3) is 4.89. The molecule has 2 heterocycles. The molecule has 0 bridgehead atoms. The zero-order valence-electron chi connectivity index (χ0n) is 16.4. The zero-order valence-corrected chi connectivity index (χ0v) is 17.9. The fourth-order valence-corrected chi connectivity index (χ4v) is 3.61. The summed E-state index contributed by atoms with van der Waals surface area (Å²) in [7, 11) is 0. The highest BCUT2D eigenvalue weighted by Gasteiger charge is 2.17. The van der Waals surface area contributed by atoms with Crippen molar-refractivity contribution in [3.8, 4) is 5.69 Å². The van der Waals surface area contributed by atoms with Gasteiger partial charge in [-0.15, -0.1) is 0 Å². The standard InChI is InChI=1S/C20H21ClN4O3S/c1-12-15(19(27)23-20(22-12)29-3)9-10-17(26)28-11-16-13(2)24-25(18(16)21)14-7-5-4-6-8-14/h4-8H,9-11H2,1-3H3,(H,22,23,27). The monoisotopic (exact) mass is 432 g/mol. The number of halogens is 1. The van der Waals surface area contributed by atoms with E-state index in [0.717, 1.165) is 5.69 Å². The van der Waals surface area contributed by atoms with Crippen LogP contribution in [0.15, 0.2) is 40.3 Å². The second-order valence-corrected chi connectivity index (χ2v) is 7.55. The number of hydrogen-bond donors (Lipinski definition) is 1. The van der Waals surface area contributed by atoms with Crippen LogP contribution in [0.1, 0.15) is 28.9 Å². The van der Waals surface area contributed by atoms with Gasteiger partial charge in [0.25, 0.3) is 5.56 Å². The van der Waals surface area contributed by atoms with Crippen molar-refractivity contribution in [2.45, 2.75) is 38.5 Å². The van der Waals surface area contributed by atoms with Crippen LogP contribution >= 0.6 is 23.4 Å². The van der Waals surface area contributed by atoms with Gasteiger partial charge in [0.15, 0.2) is 5.16 Å². The molecule has 0 amide bonds. The van der Waals surface area contributed by atoms with Crippen molar-refractivity contribution in [1.82, 2.24) is 19.7 Å². The van der Waals surface area contributed by atoms with E-state index >= 15 is 0 Å². The van der Waals surface area contributed by atoms with Gasteiger partial charge in [-0.3, -0.25) is 9.59 Å². The van der Waals surface area contributed by atoms with E-state index in [1.165, 1.54) is 11.8 Å². The van der Waals surface area contributed by atoms with Crippen LogP contribution in [0.25, 0.3) is 5.69 Å². The Balaban J connectivity index is 1.63. The number of H-pyrrole nitrogens is 1. The molecular weight excluding hydrogens is 412 g/mol. The Hall–Kier alpha value is -2.58. The first kappa shape index (κ1) is 21.1. The summed E-state index contributed by atoms with van der Waals surface area (Å²) in [5.41, 5.74) is 3.06. The number of hydrogen-bond acceptors (Lipinski definition) is 6. The summed E-state index contributed by atoms with van der Waals surface area (Å²) in [5.74, 6) is -0.416. The predicted molar refractivity (Wildman–Crippen MR) is 113 cm³/mol. The second kappa shape index (κ2) is 9.28. The molecule has 0 fully saturated rings. The molecule has 0 radical (unpaired) electrons. The maximum absolute atomic E-state index is 12.2. The lowest BCUT2D eigenvalue weighted by atomic mass is 10.1. The largest absolute Gasteiger partial charge is 0.461 e. The average molecular weight is 433 g/mol. The first-order valence-electron chi connectivity index (χ1n) is 8.99. The maximum atomic E-state index is 12.2. The Labute approximate surface area is 177 Å². The van der Waals surface area contributed by atoms with Gasteiger partial charge in [0.05, 0.1) is 11.4 Å². The third-order valence-electron chi connectivity index (χ3n) is 4.47. The van der Waals surface area contributed by atoms with Crippen molar-refractivity contribution in [2.75, 3.05) is 6.26 Å². The highest BCUT2D eigenvalue weighted by Crippen LogP contribution is 2.24. The lowest BCUT2D eigenvalue weighted by Crippen LogP contribution is -2.18. The lowest BCUT2D eigenvalue weighted by molar-refractivity contribution is -0.144. The fourth-order valence-electron chi connectivity index (χ4n) is 2.86. The first-order valence-corrected chi connectivity index (χ1v) is 10.6. The molecule has 0 saturated carbocycles. The molecule has 1 N–H and O–H groups in total. The summed E-state index contributed by atoms with van der Waals surface area (Å²) in [4.78, 5) is 31.4. The average Bonchev–Trinajstić information content (AvgIpc) is 2.99. The summed E-state index contributed by atoms with van der Waals surface area (Å²) >= 11 is 7.80. The van der Waals surface area contributed by atoms with Gasteiger partial charge < -0.3 is 9.72 Å². The van der Waals surface area contributed by atoms with Crippen LogP contribution in [0.2, 0.25) is 5.15 Å². The van der Waals surface area contributed by atoms with Gasteiger partial charge in [-0.25, -0.2) is 9.67 Å². The molecule has 0 unspecified atom stereocenters. The number of benzene rings is 1. The summed E-state index contributed by atoms with van der Waals surface area (Å²) in [6, 6.07) is 9.49. The molecule has 0 saturated heterocycles. The number of aryl methyl sites for hydroxylation is 2. The minimum atomic E-state index is -0.416. The maximum Gasteiger partial charge on any atom is 0.306 e. The van der Waals surface area contributed by atoms with Crippen LogP contribution in [0.4, 0.5) is 0 Å². The number of aromatic amines is 1. The molecule has 9 heteroatoms. The molecule has 0 spiro atoms. The van der Waals surface area contributed by atoms with Crippen LogP contribution in [-0.4, -0.2) is 32.0 Å². The summed E-state index contributed by atoms with van der Waals surface area (Å²) in [6.07, 6.45) is 2.17. The summed E-state index contributed by atoms with van der Waals surface area (Å²) < 4.78 is 6.98. The normalized spacial score (nSPS) is 10.9. The Bertz CT molecular complexity index is 1080. The van der Waals surface area contributed by atoms with Gasteiger partial charge in [-0.05, 0) is 38.7 Å². The Morgan fingerprint density at radius 3 is 2.59 bits per heavy atom. The number of nitrogens with one attached hydrogen (secondary N) is 1. The van der Waals surface area contributed by atoms with E-state index in [1.54, 1.807) is 11.6 Å². The number of nitrogens with zero attached hydrogens (tertiary/aromatic N) is 3. The number of esters is 1. The molecule has 3 rings (SSSR count). The number of carbonyl (C=O) groups excluding carboxylic acids is 1. The first-order chi connectivity index (χ1) is 13.9.